The van der Waals surface area contributed by atoms with Gasteiger partial charge in [-0.2, -0.15) is 0 Å². The van der Waals surface area contributed by atoms with Crippen LogP contribution in [-0.2, 0) is 4.74 Å². The van der Waals surface area contributed by atoms with Crippen LogP contribution < -0.4 is 5.32 Å². The van der Waals surface area contributed by atoms with Crippen molar-refractivity contribution < 1.29 is 14.6 Å². The monoisotopic (exact) mass is 193 g/mol. The van der Waals surface area contributed by atoms with E-state index in [9.17, 15) is 9.90 Å². The SMILES string of the molecule is Cc1ccc(C2COC(=O)N2)c(O)c1. The van der Waals surface area contributed by atoms with Gasteiger partial charge in [0.2, 0.25) is 0 Å². The average molecular weight is 193 g/mol. The molecule has 4 heteroatoms. The third-order valence-corrected chi connectivity index (χ3v) is 2.23. The van der Waals surface area contributed by atoms with E-state index in [-0.39, 0.29) is 18.4 Å². The number of cyclic esters (lactones) is 1. The van der Waals surface area contributed by atoms with Gasteiger partial charge in [-0.25, -0.2) is 4.79 Å². The zero-order valence-electron chi connectivity index (χ0n) is 7.78. The first kappa shape index (κ1) is 8.87. The van der Waals surface area contributed by atoms with Crippen LogP contribution in [-0.4, -0.2) is 17.8 Å². The number of hydrogen-bond donors (Lipinski definition) is 2. The molecule has 0 saturated carbocycles. The lowest BCUT2D eigenvalue weighted by molar-refractivity contribution is 0.177. The first-order valence-corrected chi connectivity index (χ1v) is 4.39. The Labute approximate surface area is 81.5 Å². The number of phenols is 1. The van der Waals surface area contributed by atoms with Gasteiger partial charge < -0.3 is 15.2 Å². The van der Waals surface area contributed by atoms with Gasteiger partial charge in [-0.05, 0) is 18.6 Å². The molecule has 1 unspecified atom stereocenters. The van der Waals surface area contributed by atoms with Gasteiger partial charge in [0.1, 0.15) is 12.4 Å². The minimum Gasteiger partial charge on any atom is -0.508 e. The molecule has 0 aromatic heterocycles. The summed E-state index contributed by atoms with van der Waals surface area (Å²) in [6.45, 7) is 2.17. The molecule has 1 aliphatic heterocycles. The molecule has 1 amide bonds. The van der Waals surface area contributed by atoms with Gasteiger partial charge in [-0.1, -0.05) is 12.1 Å². The van der Waals surface area contributed by atoms with Crippen molar-refractivity contribution in [2.45, 2.75) is 13.0 Å². The molecule has 1 aromatic rings. The molecular formula is C10H11NO3. The number of alkyl carbamates (subject to hydrolysis) is 1. The molecule has 4 nitrogen and oxygen atoms in total. The van der Waals surface area contributed by atoms with E-state index >= 15 is 0 Å². The molecule has 1 aromatic carbocycles. The number of amides is 1. The van der Waals surface area contributed by atoms with Crippen LogP contribution in [0.1, 0.15) is 17.2 Å². The zero-order valence-corrected chi connectivity index (χ0v) is 7.78. The third kappa shape index (κ3) is 1.51. The van der Waals surface area contributed by atoms with Gasteiger partial charge in [0.15, 0.2) is 0 Å². The average Bonchev–Trinajstić information content (AvgIpc) is 2.51. The van der Waals surface area contributed by atoms with Crippen molar-refractivity contribution in [3.8, 4) is 5.75 Å². The summed E-state index contributed by atoms with van der Waals surface area (Å²) in [5.41, 5.74) is 1.68. The first-order chi connectivity index (χ1) is 6.66. The molecule has 1 aliphatic rings. The quantitative estimate of drug-likeness (QED) is 0.710. The summed E-state index contributed by atoms with van der Waals surface area (Å²) in [6.07, 6.45) is -0.435. The second kappa shape index (κ2) is 3.21. The van der Waals surface area contributed by atoms with Gasteiger partial charge in [0.25, 0.3) is 0 Å². The highest BCUT2D eigenvalue weighted by Gasteiger charge is 2.25. The Morgan fingerprint density at radius 2 is 2.36 bits per heavy atom. The summed E-state index contributed by atoms with van der Waals surface area (Å²) < 4.78 is 4.74. The van der Waals surface area contributed by atoms with Crippen LogP contribution in [0.25, 0.3) is 0 Å². The smallest absolute Gasteiger partial charge is 0.407 e. The number of aromatic hydroxyl groups is 1. The first-order valence-electron chi connectivity index (χ1n) is 4.39. The van der Waals surface area contributed by atoms with E-state index in [2.05, 4.69) is 5.32 Å². The highest BCUT2D eigenvalue weighted by atomic mass is 16.6. The molecule has 74 valence electrons. The number of carbonyl (C=O) groups is 1. The molecule has 1 saturated heterocycles. The van der Waals surface area contributed by atoms with Crippen LogP contribution in [0.5, 0.6) is 5.75 Å². The van der Waals surface area contributed by atoms with Crippen LogP contribution in [0, 0.1) is 6.92 Å². The van der Waals surface area contributed by atoms with Gasteiger partial charge >= 0.3 is 6.09 Å². The molecule has 0 spiro atoms. The highest BCUT2D eigenvalue weighted by Crippen LogP contribution is 2.27. The summed E-state index contributed by atoms with van der Waals surface area (Å²) >= 11 is 0. The topological polar surface area (TPSA) is 58.6 Å². The summed E-state index contributed by atoms with van der Waals surface area (Å²) in [7, 11) is 0. The Balaban J connectivity index is 2.28. The number of benzene rings is 1. The molecule has 1 fully saturated rings. The van der Waals surface area contributed by atoms with Crippen LogP contribution in [0.3, 0.4) is 0 Å². The lowest BCUT2D eigenvalue weighted by atomic mass is 10.1. The fraction of sp³-hybridized carbons (Fsp3) is 0.300. The molecule has 1 atom stereocenters. The lowest BCUT2D eigenvalue weighted by Gasteiger charge is -2.09. The Morgan fingerprint density at radius 1 is 1.57 bits per heavy atom. The fourth-order valence-electron chi connectivity index (χ4n) is 1.50. The fourth-order valence-corrected chi connectivity index (χ4v) is 1.50. The molecule has 2 rings (SSSR count). The van der Waals surface area contributed by atoms with E-state index in [0.29, 0.717) is 5.56 Å². The van der Waals surface area contributed by atoms with E-state index in [1.165, 1.54) is 0 Å². The molecule has 14 heavy (non-hydrogen) atoms. The number of rotatable bonds is 1. The van der Waals surface area contributed by atoms with E-state index in [1.54, 1.807) is 12.1 Å². The van der Waals surface area contributed by atoms with E-state index in [1.807, 2.05) is 13.0 Å². The Morgan fingerprint density at radius 3 is 2.93 bits per heavy atom. The molecular weight excluding hydrogens is 182 g/mol. The van der Waals surface area contributed by atoms with Crippen molar-refractivity contribution in [1.29, 1.82) is 0 Å². The summed E-state index contributed by atoms with van der Waals surface area (Å²) in [6, 6.07) is 5.12. The maximum atomic E-state index is 10.8. The third-order valence-electron chi connectivity index (χ3n) is 2.23. The van der Waals surface area contributed by atoms with Crippen LogP contribution in [0.15, 0.2) is 18.2 Å². The maximum Gasteiger partial charge on any atom is 0.407 e. The molecule has 2 N–H and O–H groups in total. The predicted octanol–water partition coefficient (Wildman–Crippen LogP) is 1.48. The molecule has 0 radical (unpaired) electrons. The van der Waals surface area contributed by atoms with Crippen LogP contribution >= 0.6 is 0 Å². The minimum atomic E-state index is -0.435. The van der Waals surface area contributed by atoms with E-state index in [4.69, 9.17) is 4.74 Å². The van der Waals surface area contributed by atoms with Crippen LogP contribution in [0.2, 0.25) is 0 Å². The number of ether oxygens (including phenoxy) is 1. The second-order valence-electron chi connectivity index (χ2n) is 3.36. The van der Waals surface area contributed by atoms with Crippen molar-refractivity contribution in [1.82, 2.24) is 5.32 Å². The largest absolute Gasteiger partial charge is 0.508 e. The lowest BCUT2D eigenvalue weighted by Crippen LogP contribution is -2.18. The van der Waals surface area contributed by atoms with Crippen molar-refractivity contribution >= 4 is 6.09 Å². The van der Waals surface area contributed by atoms with Gasteiger partial charge in [-0.15, -0.1) is 0 Å². The summed E-state index contributed by atoms with van der Waals surface area (Å²) in [4.78, 5) is 10.8. The number of hydrogen-bond acceptors (Lipinski definition) is 3. The van der Waals surface area contributed by atoms with Gasteiger partial charge in [0.05, 0.1) is 6.04 Å². The Kier molecular flexibility index (Phi) is 2.04. The number of nitrogens with one attached hydrogen (secondary N) is 1. The number of carbonyl (C=O) groups excluding carboxylic acids is 1. The van der Waals surface area contributed by atoms with Gasteiger partial charge in [-0.3, -0.25) is 0 Å². The number of aryl methyl sites for hydroxylation is 1. The Bertz CT molecular complexity index is 376. The van der Waals surface area contributed by atoms with Gasteiger partial charge in [0, 0.05) is 5.56 Å². The second-order valence-corrected chi connectivity index (χ2v) is 3.36. The maximum absolute atomic E-state index is 10.8. The van der Waals surface area contributed by atoms with E-state index in [0.717, 1.165) is 5.56 Å². The van der Waals surface area contributed by atoms with Crippen molar-refractivity contribution in [2.75, 3.05) is 6.61 Å². The molecule has 0 bridgehead atoms. The minimum absolute atomic E-state index is 0.195. The number of phenolic OH excluding ortho intramolecular Hbond substituents is 1. The summed E-state index contributed by atoms with van der Waals surface area (Å²) in [5.74, 6) is 0.195. The zero-order chi connectivity index (χ0) is 10.1. The standard InChI is InChI=1S/C10H11NO3/c1-6-2-3-7(9(12)4-6)8-5-14-10(13)11-8/h2-4,8,12H,5H2,1H3,(H,11,13). The van der Waals surface area contributed by atoms with Crippen molar-refractivity contribution in [2.24, 2.45) is 0 Å². The Hall–Kier alpha value is -1.71. The van der Waals surface area contributed by atoms with Crippen molar-refractivity contribution in [3.05, 3.63) is 29.3 Å². The van der Waals surface area contributed by atoms with Crippen molar-refractivity contribution in [3.63, 3.8) is 0 Å². The normalized spacial score (nSPS) is 20.4. The molecule has 0 aliphatic carbocycles. The van der Waals surface area contributed by atoms with E-state index < -0.39 is 6.09 Å². The predicted molar refractivity (Wildman–Crippen MR) is 50.1 cm³/mol. The molecule has 1 heterocycles. The highest BCUT2D eigenvalue weighted by molar-refractivity contribution is 5.70. The van der Waals surface area contributed by atoms with Crippen LogP contribution in [0.4, 0.5) is 4.79 Å². The summed E-state index contributed by atoms with van der Waals surface area (Å²) in [5, 5.41) is 12.2.